The van der Waals surface area contributed by atoms with Gasteiger partial charge in [0, 0.05) is 18.0 Å². The summed E-state index contributed by atoms with van der Waals surface area (Å²) in [7, 11) is -3.30. The van der Waals surface area contributed by atoms with Crippen LogP contribution in [0.4, 0.5) is 0 Å². The predicted octanol–water partition coefficient (Wildman–Crippen LogP) is 0.306. The third kappa shape index (κ3) is 6.26. The number of aliphatic hydroxyl groups is 1. The Balaban J connectivity index is 4.25. The van der Waals surface area contributed by atoms with Gasteiger partial charge in [-0.1, -0.05) is 0 Å². The van der Waals surface area contributed by atoms with Crippen LogP contribution in [0.15, 0.2) is 0 Å². The summed E-state index contributed by atoms with van der Waals surface area (Å²) < 4.78 is 24.9. The van der Waals surface area contributed by atoms with Gasteiger partial charge in [-0.05, 0) is 20.3 Å². The highest BCUT2D eigenvalue weighted by molar-refractivity contribution is 7.89. The van der Waals surface area contributed by atoms with E-state index >= 15 is 0 Å². The Bertz CT molecular complexity index is 238. The molecule has 0 aromatic heterocycles. The molecule has 0 heterocycles. The molecule has 0 aliphatic rings. The summed E-state index contributed by atoms with van der Waals surface area (Å²) in [5.74, 6) is -0.0199. The first-order valence-electron chi connectivity index (χ1n) is 4.01. The quantitative estimate of drug-likeness (QED) is 0.644. The molecule has 0 spiro atoms. The highest BCUT2D eigenvalue weighted by atomic mass is 35.5. The number of aliphatic hydroxyl groups excluding tert-OH is 1. The van der Waals surface area contributed by atoms with Gasteiger partial charge in [-0.2, -0.15) is 0 Å². The van der Waals surface area contributed by atoms with Crippen LogP contribution in [0.1, 0.15) is 20.3 Å². The van der Waals surface area contributed by atoms with Gasteiger partial charge in [0.15, 0.2) is 0 Å². The van der Waals surface area contributed by atoms with Crippen LogP contribution in [-0.4, -0.2) is 37.3 Å². The minimum Gasteiger partial charge on any atom is -0.396 e. The zero-order valence-electron chi connectivity index (χ0n) is 7.88. The maximum absolute atomic E-state index is 11.2. The van der Waals surface area contributed by atoms with Crippen molar-refractivity contribution in [2.24, 2.45) is 0 Å². The molecular formula is C7H16ClNO3S. The zero-order valence-corrected chi connectivity index (χ0v) is 9.45. The molecule has 0 amide bonds. The van der Waals surface area contributed by atoms with E-state index in [1.165, 1.54) is 0 Å². The standard InChI is InChI=1S/C7H16ClNO3S/c1-7(2,3-5-10)9-13(11,12)6-4-8/h9-10H,3-6H2,1-2H3. The smallest absolute Gasteiger partial charge is 0.213 e. The average Bonchev–Trinajstić information content (AvgIpc) is 1.82. The minimum absolute atomic E-state index is 0.0452. The van der Waals surface area contributed by atoms with Crippen LogP contribution in [-0.2, 0) is 10.0 Å². The Morgan fingerprint density at radius 1 is 1.46 bits per heavy atom. The highest BCUT2D eigenvalue weighted by Gasteiger charge is 2.23. The van der Waals surface area contributed by atoms with E-state index in [1.807, 2.05) is 0 Å². The fraction of sp³-hybridized carbons (Fsp3) is 1.00. The first-order chi connectivity index (χ1) is 5.83. The molecule has 0 unspecified atom stereocenters. The topological polar surface area (TPSA) is 66.4 Å². The van der Waals surface area contributed by atoms with Crippen molar-refractivity contribution in [3.8, 4) is 0 Å². The fourth-order valence-corrected chi connectivity index (χ4v) is 2.76. The van der Waals surface area contributed by atoms with Crippen LogP contribution in [0.3, 0.4) is 0 Å². The summed E-state index contributed by atoms with van der Waals surface area (Å²) >= 11 is 5.32. The van der Waals surface area contributed by atoms with E-state index in [0.29, 0.717) is 6.42 Å². The second kappa shape index (κ2) is 5.14. The number of nitrogens with one attached hydrogen (secondary N) is 1. The van der Waals surface area contributed by atoms with Gasteiger partial charge in [-0.15, -0.1) is 11.6 Å². The van der Waals surface area contributed by atoms with Gasteiger partial charge in [0.25, 0.3) is 0 Å². The van der Waals surface area contributed by atoms with Gasteiger partial charge in [-0.25, -0.2) is 13.1 Å². The van der Waals surface area contributed by atoms with Crippen molar-refractivity contribution in [2.75, 3.05) is 18.2 Å². The molecule has 0 bridgehead atoms. The molecule has 6 heteroatoms. The Morgan fingerprint density at radius 2 is 2.00 bits per heavy atom. The molecule has 0 saturated carbocycles. The molecule has 0 aromatic carbocycles. The normalized spacial score (nSPS) is 13.2. The van der Waals surface area contributed by atoms with E-state index in [-0.39, 0.29) is 18.2 Å². The highest BCUT2D eigenvalue weighted by Crippen LogP contribution is 2.09. The van der Waals surface area contributed by atoms with E-state index in [4.69, 9.17) is 16.7 Å². The van der Waals surface area contributed by atoms with Crippen molar-refractivity contribution in [3.05, 3.63) is 0 Å². The van der Waals surface area contributed by atoms with E-state index < -0.39 is 15.6 Å². The molecular weight excluding hydrogens is 214 g/mol. The average molecular weight is 230 g/mol. The molecule has 0 rings (SSSR count). The van der Waals surface area contributed by atoms with Crippen molar-refractivity contribution in [3.63, 3.8) is 0 Å². The third-order valence-electron chi connectivity index (χ3n) is 1.51. The summed E-state index contributed by atoms with van der Waals surface area (Å²) in [6.07, 6.45) is 0.383. The second-order valence-corrected chi connectivity index (χ2v) is 5.69. The van der Waals surface area contributed by atoms with Crippen molar-refractivity contribution in [1.29, 1.82) is 0 Å². The number of halogens is 1. The Hall–Kier alpha value is 0.160. The van der Waals surface area contributed by atoms with Crippen molar-refractivity contribution in [1.82, 2.24) is 4.72 Å². The van der Waals surface area contributed by atoms with Crippen LogP contribution < -0.4 is 4.72 Å². The number of alkyl halides is 1. The molecule has 0 fully saturated rings. The van der Waals surface area contributed by atoms with Gasteiger partial charge in [0.1, 0.15) is 0 Å². The second-order valence-electron chi connectivity index (χ2n) is 3.47. The lowest BCUT2D eigenvalue weighted by molar-refractivity contribution is 0.246. The summed E-state index contributed by atoms with van der Waals surface area (Å²) in [5.41, 5.74) is -0.611. The third-order valence-corrected chi connectivity index (χ3v) is 3.53. The van der Waals surface area contributed by atoms with E-state index in [9.17, 15) is 8.42 Å². The Kier molecular flexibility index (Phi) is 5.21. The zero-order chi connectivity index (χ0) is 10.5. The number of hydrogen-bond acceptors (Lipinski definition) is 3. The fourth-order valence-electron chi connectivity index (χ4n) is 0.904. The van der Waals surface area contributed by atoms with Crippen LogP contribution in [0.5, 0.6) is 0 Å². The van der Waals surface area contributed by atoms with Crippen molar-refractivity contribution in [2.45, 2.75) is 25.8 Å². The molecule has 2 N–H and O–H groups in total. The molecule has 0 radical (unpaired) electrons. The molecule has 80 valence electrons. The molecule has 4 nitrogen and oxygen atoms in total. The maximum Gasteiger partial charge on any atom is 0.213 e. The largest absolute Gasteiger partial charge is 0.396 e. The summed E-state index contributed by atoms with van der Waals surface area (Å²) in [4.78, 5) is 0. The number of rotatable bonds is 6. The summed E-state index contributed by atoms with van der Waals surface area (Å²) in [6, 6.07) is 0. The van der Waals surface area contributed by atoms with E-state index in [0.717, 1.165) is 0 Å². The van der Waals surface area contributed by atoms with Crippen molar-refractivity contribution >= 4 is 21.6 Å². The van der Waals surface area contributed by atoms with Gasteiger partial charge in [-0.3, -0.25) is 0 Å². The maximum atomic E-state index is 11.2. The van der Waals surface area contributed by atoms with E-state index in [1.54, 1.807) is 13.8 Å². The van der Waals surface area contributed by atoms with Gasteiger partial charge >= 0.3 is 0 Å². The lowest BCUT2D eigenvalue weighted by Gasteiger charge is -2.24. The van der Waals surface area contributed by atoms with Gasteiger partial charge in [0.2, 0.25) is 10.0 Å². The lowest BCUT2D eigenvalue weighted by Crippen LogP contribution is -2.45. The van der Waals surface area contributed by atoms with Crippen LogP contribution in [0, 0.1) is 0 Å². The lowest BCUT2D eigenvalue weighted by atomic mass is 10.0. The molecule has 13 heavy (non-hydrogen) atoms. The first kappa shape index (κ1) is 13.2. The molecule has 0 aliphatic carbocycles. The van der Waals surface area contributed by atoms with Crippen molar-refractivity contribution < 1.29 is 13.5 Å². The molecule has 0 saturated heterocycles. The molecule has 0 aromatic rings. The Morgan fingerprint density at radius 3 is 2.38 bits per heavy atom. The monoisotopic (exact) mass is 229 g/mol. The van der Waals surface area contributed by atoms with Gasteiger partial charge in [0.05, 0.1) is 5.75 Å². The number of hydrogen-bond donors (Lipinski definition) is 2. The number of sulfonamides is 1. The Labute approximate surface area is 84.3 Å². The summed E-state index contributed by atoms with van der Waals surface area (Å²) in [5, 5.41) is 8.67. The first-order valence-corrected chi connectivity index (χ1v) is 6.20. The van der Waals surface area contributed by atoms with Crippen LogP contribution in [0.2, 0.25) is 0 Å². The molecule has 0 aliphatic heterocycles. The predicted molar refractivity (Wildman–Crippen MR) is 53.4 cm³/mol. The van der Waals surface area contributed by atoms with Crippen LogP contribution >= 0.6 is 11.6 Å². The SMILES string of the molecule is CC(C)(CCO)NS(=O)(=O)CCCl. The van der Waals surface area contributed by atoms with Crippen LogP contribution in [0.25, 0.3) is 0 Å². The summed E-state index contributed by atoms with van der Waals surface area (Å²) in [6.45, 7) is 3.39. The minimum atomic E-state index is -3.30. The van der Waals surface area contributed by atoms with E-state index in [2.05, 4.69) is 4.72 Å². The van der Waals surface area contributed by atoms with Gasteiger partial charge < -0.3 is 5.11 Å². The molecule has 0 atom stereocenters.